The molecule has 0 saturated carbocycles. The quantitative estimate of drug-likeness (QED) is 0.109. The predicted molar refractivity (Wildman–Crippen MR) is 142 cm³/mol. The van der Waals surface area contributed by atoms with E-state index >= 15 is 0 Å². The number of thiophene rings is 1. The van der Waals surface area contributed by atoms with Gasteiger partial charge in [0.2, 0.25) is 0 Å². The summed E-state index contributed by atoms with van der Waals surface area (Å²) in [4.78, 5) is 38.1. The van der Waals surface area contributed by atoms with E-state index in [1.54, 1.807) is 72.8 Å². The van der Waals surface area contributed by atoms with Crippen molar-refractivity contribution < 1.29 is 23.5 Å². The van der Waals surface area contributed by atoms with Crippen molar-refractivity contribution >= 4 is 47.5 Å². The lowest BCUT2D eigenvalue weighted by atomic mass is 10.2. The van der Waals surface area contributed by atoms with Crippen molar-refractivity contribution in [1.29, 1.82) is 0 Å². The Balaban J connectivity index is 1.35. The number of rotatable bonds is 9. The fourth-order valence-electron chi connectivity index (χ4n) is 2.99. The SMILES string of the molecule is O=C(/C=C/c1ccco1)Oc1ccc(/C=N\NC(=O)/C(=C\c2cccs2)NC(=O)c2ccccc2)cc1. The second kappa shape index (κ2) is 12.6. The van der Waals surface area contributed by atoms with Crippen molar-refractivity contribution in [3.05, 3.63) is 124 Å². The van der Waals surface area contributed by atoms with E-state index in [2.05, 4.69) is 15.8 Å². The Kier molecular flexibility index (Phi) is 8.55. The molecule has 0 fully saturated rings. The van der Waals surface area contributed by atoms with Gasteiger partial charge in [0.1, 0.15) is 17.2 Å². The highest BCUT2D eigenvalue weighted by Gasteiger charge is 2.14. The van der Waals surface area contributed by atoms with Gasteiger partial charge in [0.15, 0.2) is 0 Å². The first-order valence-corrected chi connectivity index (χ1v) is 11.9. The Labute approximate surface area is 216 Å². The van der Waals surface area contributed by atoms with E-state index in [4.69, 9.17) is 9.15 Å². The van der Waals surface area contributed by atoms with Crippen LogP contribution in [0.2, 0.25) is 0 Å². The fourth-order valence-corrected chi connectivity index (χ4v) is 3.65. The van der Waals surface area contributed by atoms with E-state index in [0.29, 0.717) is 22.6 Å². The standard InChI is InChI=1S/C28H21N3O5S/c32-26(15-14-22-8-4-16-35-22)36-23-12-10-20(11-13-23)19-29-31-28(34)25(18-24-9-5-17-37-24)30-27(33)21-6-2-1-3-7-21/h1-19H,(H,30,33)(H,31,34)/b15-14+,25-18+,29-19-. The highest BCUT2D eigenvalue weighted by Crippen LogP contribution is 2.14. The van der Waals surface area contributed by atoms with Crippen LogP contribution in [0.4, 0.5) is 0 Å². The minimum Gasteiger partial charge on any atom is -0.465 e. The maximum atomic E-state index is 12.8. The van der Waals surface area contributed by atoms with Crippen LogP contribution in [0.15, 0.2) is 112 Å². The number of carbonyl (C=O) groups excluding carboxylic acids is 3. The molecule has 9 heteroatoms. The maximum absolute atomic E-state index is 12.8. The smallest absolute Gasteiger partial charge is 0.336 e. The summed E-state index contributed by atoms with van der Waals surface area (Å²) in [5.74, 6) is -0.652. The molecule has 2 aromatic heterocycles. The lowest BCUT2D eigenvalue weighted by Gasteiger charge is -2.08. The minimum atomic E-state index is -0.581. The highest BCUT2D eigenvalue weighted by atomic mass is 32.1. The topological polar surface area (TPSA) is 110 Å². The molecule has 184 valence electrons. The normalized spacial score (nSPS) is 11.5. The van der Waals surface area contributed by atoms with Gasteiger partial charge >= 0.3 is 5.97 Å². The van der Waals surface area contributed by atoms with Crippen LogP contribution >= 0.6 is 11.3 Å². The zero-order valence-electron chi connectivity index (χ0n) is 19.4. The molecule has 0 aliphatic heterocycles. The second-order valence-corrected chi connectivity index (χ2v) is 8.41. The molecule has 4 rings (SSSR count). The van der Waals surface area contributed by atoms with Gasteiger partial charge in [-0.15, -0.1) is 11.3 Å². The molecule has 0 atom stereocenters. The lowest BCUT2D eigenvalue weighted by Crippen LogP contribution is -2.32. The van der Waals surface area contributed by atoms with Crippen LogP contribution in [-0.2, 0) is 9.59 Å². The summed E-state index contributed by atoms with van der Waals surface area (Å²) in [6.45, 7) is 0. The monoisotopic (exact) mass is 511 g/mol. The third-order valence-corrected chi connectivity index (χ3v) is 5.58. The van der Waals surface area contributed by atoms with Crippen LogP contribution in [-0.4, -0.2) is 24.0 Å². The molecule has 0 aliphatic carbocycles. The molecule has 4 aromatic rings. The summed E-state index contributed by atoms with van der Waals surface area (Å²) in [5, 5.41) is 8.50. The Morgan fingerprint density at radius 1 is 0.919 bits per heavy atom. The van der Waals surface area contributed by atoms with Crippen LogP contribution in [0.1, 0.15) is 26.6 Å². The van der Waals surface area contributed by atoms with Gasteiger partial charge in [-0.05, 0) is 77.7 Å². The fraction of sp³-hybridized carbons (Fsp3) is 0. The van der Waals surface area contributed by atoms with Gasteiger partial charge in [-0.1, -0.05) is 24.3 Å². The van der Waals surface area contributed by atoms with Gasteiger partial charge in [0.05, 0.1) is 12.5 Å². The molecular formula is C28H21N3O5S. The largest absolute Gasteiger partial charge is 0.465 e. The number of esters is 1. The first-order valence-electron chi connectivity index (χ1n) is 11.1. The van der Waals surface area contributed by atoms with Gasteiger partial charge in [-0.3, -0.25) is 9.59 Å². The molecule has 8 nitrogen and oxygen atoms in total. The van der Waals surface area contributed by atoms with Gasteiger partial charge in [-0.2, -0.15) is 5.10 Å². The summed E-state index contributed by atoms with van der Waals surface area (Å²) >= 11 is 1.43. The lowest BCUT2D eigenvalue weighted by molar-refractivity contribution is -0.128. The Morgan fingerprint density at radius 2 is 1.73 bits per heavy atom. The van der Waals surface area contributed by atoms with Gasteiger partial charge in [0.25, 0.3) is 11.8 Å². The first kappa shape index (κ1) is 25.1. The van der Waals surface area contributed by atoms with Gasteiger partial charge < -0.3 is 14.5 Å². The molecule has 0 unspecified atom stereocenters. The number of nitrogens with one attached hydrogen (secondary N) is 2. The van der Waals surface area contributed by atoms with Crippen molar-refractivity contribution in [2.75, 3.05) is 0 Å². The Hall–Kier alpha value is -5.02. The van der Waals surface area contributed by atoms with Crippen molar-refractivity contribution in [2.45, 2.75) is 0 Å². The van der Waals surface area contributed by atoms with Gasteiger partial charge in [-0.25, -0.2) is 10.2 Å². The number of hydrogen-bond donors (Lipinski definition) is 2. The average Bonchev–Trinajstić information content (AvgIpc) is 3.63. The molecular weight excluding hydrogens is 490 g/mol. The van der Waals surface area contributed by atoms with E-state index < -0.39 is 17.8 Å². The summed E-state index contributed by atoms with van der Waals surface area (Å²) in [6, 6.07) is 22.3. The number of hydrogen-bond acceptors (Lipinski definition) is 7. The summed E-state index contributed by atoms with van der Waals surface area (Å²) in [7, 11) is 0. The van der Waals surface area contributed by atoms with Crippen LogP contribution in [0, 0.1) is 0 Å². The van der Waals surface area contributed by atoms with Crippen LogP contribution in [0.25, 0.3) is 12.2 Å². The summed E-state index contributed by atoms with van der Waals surface area (Å²) < 4.78 is 10.4. The van der Waals surface area contributed by atoms with Crippen molar-refractivity contribution in [2.24, 2.45) is 5.10 Å². The number of ether oxygens (including phenoxy) is 1. The first-order chi connectivity index (χ1) is 18.1. The Bertz CT molecular complexity index is 1420. The Morgan fingerprint density at radius 3 is 2.43 bits per heavy atom. The second-order valence-electron chi connectivity index (χ2n) is 7.43. The predicted octanol–water partition coefficient (Wildman–Crippen LogP) is 4.88. The van der Waals surface area contributed by atoms with Crippen LogP contribution < -0.4 is 15.5 Å². The number of carbonyl (C=O) groups is 3. The van der Waals surface area contributed by atoms with Crippen LogP contribution in [0.5, 0.6) is 5.75 Å². The molecule has 37 heavy (non-hydrogen) atoms. The molecule has 2 aromatic carbocycles. The minimum absolute atomic E-state index is 0.0540. The summed E-state index contributed by atoms with van der Waals surface area (Å²) in [5.41, 5.74) is 3.56. The third kappa shape index (κ3) is 7.74. The van der Waals surface area contributed by atoms with E-state index in [9.17, 15) is 14.4 Å². The highest BCUT2D eigenvalue weighted by molar-refractivity contribution is 7.10. The van der Waals surface area contributed by atoms with E-state index in [1.807, 2.05) is 17.5 Å². The third-order valence-electron chi connectivity index (χ3n) is 4.76. The average molecular weight is 512 g/mol. The molecule has 2 heterocycles. The number of benzene rings is 2. The van der Waals surface area contributed by atoms with E-state index in [1.165, 1.54) is 36.0 Å². The maximum Gasteiger partial charge on any atom is 0.336 e. The molecule has 0 saturated heterocycles. The molecule has 0 bridgehead atoms. The van der Waals surface area contributed by atoms with Crippen LogP contribution in [0.3, 0.4) is 0 Å². The van der Waals surface area contributed by atoms with Crippen molar-refractivity contribution in [3.8, 4) is 5.75 Å². The molecule has 2 amide bonds. The number of amides is 2. The van der Waals surface area contributed by atoms with Crippen molar-refractivity contribution in [3.63, 3.8) is 0 Å². The number of hydrazone groups is 1. The van der Waals surface area contributed by atoms with Crippen molar-refractivity contribution in [1.82, 2.24) is 10.7 Å². The molecule has 2 N–H and O–H groups in total. The molecule has 0 aliphatic rings. The van der Waals surface area contributed by atoms with E-state index in [0.717, 1.165) is 4.88 Å². The number of nitrogens with zero attached hydrogens (tertiary/aromatic N) is 1. The molecule has 0 radical (unpaired) electrons. The van der Waals surface area contributed by atoms with Gasteiger partial charge in [0, 0.05) is 16.5 Å². The number of furan rings is 1. The zero-order valence-corrected chi connectivity index (χ0v) is 20.2. The van der Waals surface area contributed by atoms with E-state index in [-0.39, 0.29) is 5.70 Å². The molecule has 0 spiro atoms. The summed E-state index contributed by atoms with van der Waals surface area (Å²) in [6.07, 6.45) is 7.30. The zero-order chi connectivity index (χ0) is 25.9.